The molecule has 0 aliphatic rings. The van der Waals surface area contributed by atoms with E-state index in [4.69, 9.17) is 5.73 Å². The van der Waals surface area contributed by atoms with Crippen molar-refractivity contribution in [1.29, 1.82) is 0 Å². The zero-order chi connectivity index (χ0) is 10.8. The van der Waals surface area contributed by atoms with Crippen LogP contribution in [0, 0.1) is 6.92 Å². The predicted molar refractivity (Wildman–Crippen MR) is 64.3 cm³/mol. The third-order valence-electron chi connectivity index (χ3n) is 2.02. The van der Waals surface area contributed by atoms with Gasteiger partial charge in [0, 0.05) is 15.7 Å². The van der Waals surface area contributed by atoms with Crippen molar-refractivity contribution in [1.82, 2.24) is 9.97 Å². The van der Waals surface area contributed by atoms with Gasteiger partial charge < -0.3 is 5.73 Å². The van der Waals surface area contributed by atoms with Gasteiger partial charge in [-0.2, -0.15) is 0 Å². The lowest BCUT2D eigenvalue weighted by atomic mass is 10.1. The van der Waals surface area contributed by atoms with Gasteiger partial charge >= 0.3 is 0 Å². The van der Waals surface area contributed by atoms with Gasteiger partial charge in [-0.1, -0.05) is 34.1 Å². The van der Waals surface area contributed by atoms with Crippen molar-refractivity contribution in [2.45, 2.75) is 6.92 Å². The average molecular weight is 264 g/mol. The molecular weight excluding hydrogens is 254 g/mol. The van der Waals surface area contributed by atoms with Crippen LogP contribution in [0.15, 0.2) is 34.8 Å². The zero-order valence-corrected chi connectivity index (χ0v) is 9.82. The van der Waals surface area contributed by atoms with E-state index in [-0.39, 0.29) is 0 Å². The molecule has 76 valence electrons. The van der Waals surface area contributed by atoms with E-state index in [0.717, 1.165) is 21.4 Å². The minimum Gasteiger partial charge on any atom is -0.368 e. The van der Waals surface area contributed by atoms with Crippen LogP contribution in [0.4, 0.5) is 5.95 Å². The van der Waals surface area contributed by atoms with Crippen molar-refractivity contribution < 1.29 is 0 Å². The Bertz CT molecular complexity index is 477. The fourth-order valence-electron chi connectivity index (χ4n) is 1.40. The van der Waals surface area contributed by atoms with Crippen molar-refractivity contribution >= 4 is 21.9 Å². The van der Waals surface area contributed by atoms with Gasteiger partial charge in [0.15, 0.2) is 0 Å². The van der Waals surface area contributed by atoms with Crippen molar-refractivity contribution in [2.24, 2.45) is 0 Å². The predicted octanol–water partition coefficient (Wildman–Crippen LogP) is 2.80. The number of aromatic nitrogens is 2. The molecule has 3 nitrogen and oxygen atoms in total. The molecule has 0 saturated carbocycles. The highest BCUT2D eigenvalue weighted by atomic mass is 79.9. The maximum absolute atomic E-state index is 5.61. The summed E-state index contributed by atoms with van der Waals surface area (Å²) in [5.41, 5.74) is 8.34. The second kappa shape index (κ2) is 3.98. The molecule has 0 radical (unpaired) electrons. The molecule has 0 spiro atoms. The molecule has 15 heavy (non-hydrogen) atoms. The van der Waals surface area contributed by atoms with Gasteiger partial charge in [-0.15, -0.1) is 0 Å². The molecule has 2 N–H and O–H groups in total. The van der Waals surface area contributed by atoms with E-state index in [1.165, 1.54) is 0 Å². The van der Waals surface area contributed by atoms with E-state index < -0.39 is 0 Å². The number of halogens is 1. The van der Waals surface area contributed by atoms with Crippen LogP contribution >= 0.6 is 15.9 Å². The average Bonchev–Trinajstić information content (AvgIpc) is 2.16. The molecule has 0 aliphatic heterocycles. The van der Waals surface area contributed by atoms with Gasteiger partial charge in [0.2, 0.25) is 5.95 Å². The van der Waals surface area contributed by atoms with Gasteiger partial charge in [0.1, 0.15) is 0 Å². The molecule has 0 atom stereocenters. The lowest BCUT2D eigenvalue weighted by molar-refractivity contribution is 1.12. The monoisotopic (exact) mass is 263 g/mol. The Balaban J connectivity index is 2.59. The summed E-state index contributed by atoms with van der Waals surface area (Å²) in [5, 5.41) is 0. The molecule has 2 rings (SSSR count). The summed E-state index contributed by atoms with van der Waals surface area (Å²) in [6.07, 6.45) is 0. The maximum Gasteiger partial charge on any atom is 0.220 e. The number of nitrogen functional groups attached to an aromatic ring is 1. The third-order valence-corrected chi connectivity index (χ3v) is 2.71. The van der Waals surface area contributed by atoms with E-state index >= 15 is 0 Å². The molecule has 0 fully saturated rings. The fourth-order valence-corrected chi connectivity index (χ4v) is 1.89. The molecule has 0 aliphatic carbocycles. The van der Waals surface area contributed by atoms with Crippen LogP contribution < -0.4 is 5.73 Å². The van der Waals surface area contributed by atoms with E-state index in [2.05, 4.69) is 25.9 Å². The summed E-state index contributed by atoms with van der Waals surface area (Å²) in [6.45, 7) is 1.90. The lowest BCUT2D eigenvalue weighted by Gasteiger charge is -2.05. The second-order valence-electron chi connectivity index (χ2n) is 3.23. The number of rotatable bonds is 1. The standard InChI is InChI=1S/C11H10BrN3/c1-7-6-10(15-11(13)14-7)8-4-2-3-5-9(8)12/h2-6H,1H3,(H2,13,14,15). The topological polar surface area (TPSA) is 51.8 Å². The van der Waals surface area contributed by atoms with Crippen LogP contribution in [-0.2, 0) is 0 Å². The Hall–Kier alpha value is -1.42. The first-order valence-electron chi connectivity index (χ1n) is 4.53. The smallest absolute Gasteiger partial charge is 0.220 e. The molecule has 0 unspecified atom stereocenters. The van der Waals surface area contributed by atoms with Gasteiger partial charge in [-0.25, -0.2) is 9.97 Å². The third kappa shape index (κ3) is 2.15. The van der Waals surface area contributed by atoms with Crippen LogP contribution in [0.3, 0.4) is 0 Å². The van der Waals surface area contributed by atoms with E-state index in [1.54, 1.807) is 0 Å². The van der Waals surface area contributed by atoms with Crippen molar-refractivity contribution in [3.8, 4) is 11.3 Å². The SMILES string of the molecule is Cc1cc(-c2ccccc2Br)nc(N)n1. The number of benzene rings is 1. The Morgan fingerprint density at radius 3 is 2.60 bits per heavy atom. The summed E-state index contributed by atoms with van der Waals surface area (Å²) in [5.74, 6) is 0.306. The van der Waals surface area contributed by atoms with Crippen LogP contribution in [0.25, 0.3) is 11.3 Å². The Kier molecular flexibility index (Phi) is 2.68. The van der Waals surface area contributed by atoms with Gasteiger partial charge in [0.05, 0.1) is 5.69 Å². The Morgan fingerprint density at radius 2 is 1.93 bits per heavy atom. The van der Waals surface area contributed by atoms with E-state index in [0.29, 0.717) is 5.95 Å². The summed E-state index contributed by atoms with van der Waals surface area (Å²) >= 11 is 3.48. The van der Waals surface area contributed by atoms with Gasteiger partial charge in [-0.3, -0.25) is 0 Å². The quantitative estimate of drug-likeness (QED) is 0.861. The first-order chi connectivity index (χ1) is 7.16. The lowest BCUT2D eigenvalue weighted by Crippen LogP contribution is -1.98. The summed E-state index contributed by atoms with van der Waals surface area (Å²) in [7, 11) is 0. The van der Waals surface area contributed by atoms with E-state index in [9.17, 15) is 0 Å². The van der Waals surface area contributed by atoms with Crippen LogP contribution in [-0.4, -0.2) is 9.97 Å². The Morgan fingerprint density at radius 1 is 1.20 bits per heavy atom. The summed E-state index contributed by atoms with van der Waals surface area (Å²) < 4.78 is 1.00. The highest BCUT2D eigenvalue weighted by Crippen LogP contribution is 2.26. The highest BCUT2D eigenvalue weighted by molar-refractivity contribution is 9.10. The van der Waals surface area contributed by atoms with Gasteiger partial charge in [-0.05, 0) is 19.1 Å². The summed E-state index contributed by atoms with van der Waals surface area (Å²) in [4.78, 5) is 8.24. The minimum absolute atomic E-state index is 0.306. The maximum atomic E-state index is 5.61. The van der Waals surface area contributed by atoms with Crippen LogP contribution in [0.1, 0.15) is 5.69 Å². The molecule has 0 bridgehead atoms. The fraction of sp³-hybridized carbons (Fsp3) is 0.0909. The zero-order valence-electron chi connectivity index (χ0n) is 8.24. The normalized spacial score (nSPS) is 10.3. The number of nitrogens with two attached hydrogens (primary N) is 1. The first kappa shape index (κ1) is 10.1. The van der Waals surface area contributed by atoms with Crippen molar-refractivity contribution in [3.63, 3.8) is 0 Å². The summed E-state index contributed by atoms with van der Waals surface area (Å²) in [6, 6.07) is 9.81. The van der Waals surface area contributed by atoms with Gasteiger partial charge in [0.25, 0.3) is 0 Å². The number of anilines is 1. The number of hydrogen-bond donors (Lipinski definition) is 1. The molecule has 4 heteroatoms. The van der Waals surface area contributed by atoms with E-state index in [1.807, 2.05) is 37.3 Å². The molecule has 2 aromatic rings. The highest BCUT2D eigenvalue weighted by Gasteiger charge is 2.05. The minimum atomic E-state index is 0.306. The molecule has 1 aromatic heterocycles. The van der Waals surface area contributed by atoms with Crippen molar-refractivity contribution in [2.75, 3.05) is 5.73 Å². The second-order valence-corrected chi connectivity index (χ2v) is 4.09. The largest absolute Gasteiger partial charge is 0.368 e. The van der Waals surface area contributed by atoms with Crippen LogP contribution in [0.5, 0.6) is 0 Å². The molecular formula is C11H10BrN3. The van der Waals surface area contributed by atoms with Crippen molar-refractivity contribution in [3.05, 3.63) is 40.5 Å². The van der Waals surface area contributed by atoms with Crippen LogP contribution in [0.2, 0.25) is 0 Å². The molecule has 1 aromatic carbocycles. The number of nitrogens with zero attached hydrogens (tertiary/aromatic N) is 2. The molecule has 0 saturated heterocycles. The molecule has 1 heterocycles. The number of aryl methyl sites for hydroxylation is 1. The molecule has 0 amide bonds. The Labute approximate surface area is 96.5 Å². The number of hydrogen-bond acceptors (Lipinski definition) is 3. The first-order valence-corrected chi connectivity index (χ1v) is 5.32.